The van der Waals surface area contributed by atoms with Crippen LogP contribution in [0.1, 0.15) is 53.3 Å². The number of nitrogens with zero attached hydrogens (tertiary/aromatic N) is 2. The van der Waals surface area contributed by atoms with Gasteiger partial charge in [-0.1, -0.05) is 104 Å². The summed E-state index contributed by atoms with van der Waals surface area (Å²) in [6.45, 7) is -4.34. The molecular formula is C40H34IrN2O-2. The minimum atomic E-state index is -2.18. The molecule has 0 N–H and O–H groups in total. The Bertz CT molecular complexity index is 2270. The van der Waals surface area contributed by atoms with Gasteiger partial charge in [-0.3, -0.25) is 0 Å². The molecule has 0 unspecified atom stereocenters. The summed E-state index contributed by atoms with van der Waals surface area (Å²) in [5.41, 5.74) is 5.34. The van der Waals surface area contributed by atoms with E-state index in [4.69, 9.17) is 15.4 Å². The first-order chi connectivity index (χ1) is 24.3. The third kappa shape index (κ3) is 6.24. The van der Waals surface area contributed by atoms with E-state index in [9.17, 15) is 0 Å². The van der Waals surface area contributed by atoms with E-state index in [1.54, 1.807) is 18.3 Å². The average molecular weight is 759 g/mol. The first-order valence-electron chi connectivity index (χ1n) is 18.5. The summed E-state index contributed by atoms with van der Waals surface area (Å²) in [6, 6.07) is 33.8. The summed E-state index contributed by atoms with van der Waals surface area (Å²) in [6.07, 6.45) is 5.78. The van der Waals surface area contributed by atoms with Gasteiger partial charge in [0, 0.05) is 54.2 Å². The summed E-state index contributed by atoms with van der Waals surface area (Å²) in [4.78, 5) is 8.65. The third-order valence-electron chi connectivity index (χ3n) is 7.92. The molecule has 3 nitrogen and oxygen atoms in total. The monoisotopic (exact) mass is 759 g/mol. The van der Waals surface area contributed by atoms with Gasteiger partial charge in [0.15, 0.2) is 0 Å². The number of pyridine rings is 2. The zero-order valence-electron chi connectivity index (χ0n) is 31.9. The molecule has 3 aromatic heterocycles. The Morgan fingerprint density at radius 3 is 2.45 bits per heavy atom. The van der Waals surface area contributed by atoms with Crippen molar-refractivity contribution in [3.05, 3.63) is 132 Å². The van der Waals surface area contributed by atoms with Gasteiger partial charge in [0.25, 0.3) is 0 Å². The molecule has 1 aliphatic carbocycles. The number of rotatable bonds is 4. The first kappa shape index (κ1) is 21.6. The predicted molar refractivity (Wildman–Crippen MR) is 177 cm³/mol. The van der Waals surface area contributed by atoms with Crippen molar-refractivity contribution in [2.24, 2.45) is 5.92 Å². The van der Waals surface area contributed by atoms with E-state index in [2.05, 4.69) is 46.4 Å². The van der Waals surface area contributed by atoms with Crippen LogP contribution in [0, 0.1) is 31.8 Å². The molecule has 1 radical (unpaired) electrons. The fraction of sp³-hybridized carbons (Fsp3) is 0.200. The quantitative estimate of drug-likeness (QED) is 0.168. The number of hydrogen-bond donors (Lipinski definition) is 0. The summed E-state index contributed by atoms with van der Waals surface area (Å²) in [5.74, 6) is 0.0695. The molecule has 4 aromatic carbocycles. The summed E-state index contributed by atoms with van der Waals surface area (Å²) < 4.78 is 67.6. The normalized spacial score (nSPS) is 16.7. The number of fused-ring (bicyclic) bond motifs is 5. The van der Waals surface area contributed by atoms with Crippen molar-refractivity contribution >= 4 is 32.7 Å². The van der Waals surface area contributed by atoms with Crippen molar-refractivity contribution in [2.75, 3.05) is 0 Å². The Hall–Kier alpha value is -4.11. The summed E-state index contributed by atoms with van der Waals surface area (Å²) in [5, 5.41) is 4.33. The predicted octanol–water partition coefficient (Wildman–Crippen LogP) is 10.5. The Balaban J connectivity index is 0.000000193. The molecule has 3 heterocycles. The van der Waals surface area contributed by atoms with Gasteiger partial charge in [-0.05, 0) is 47.5 Å². The molecule has 221 valence electrons. The second-order valence-corrected chi connectivity index (χ2v) is 10.8. The summed E-state index contributed by atoms with van der Waals surface area (Å²) in [7, 11) is 0. The molecule has 0 aliphatic heterocycles. The van der Waals surface area contributed by atoms with Gasteiger partial charge in [0.05, 0.1) is 5.58 Å². The Morgan fingerprint density at radius 1 is 0.818 bits per heavy atom. The number of benzene rings is 4. The summed E-state index contributed by atoms with van der Waals surface area (Å²) >= 11 is 0. The number of aryl methyl sites for hydroxylation is 2. The van der Waals surface area contributed by atoms with Crippen LogP contribution in [-0.2, 0) is 26.5 Å². The molecule has 0 spiro atoms. The van der Waals surface area contributed by atoms with Crippen molar-refractivity contribution in [1.82, 2.24) is 9.97 Å². The number of hydrogen-bond acceptors (Lipinski definition) is 3. The molecule has 0 atom stereocenters. The van der Waals surface area contributed by atoms with Gasteiger partial charge in [0.2, 0.25) is 0 Å². The number of furan rings is 1. The van der Waals surface area contributed by atoms with Crippen LogP contribution >= 0.6 is 0 Å². The van der Waals surface area contributed by atoms with Crippen LogP contribution in [0.25, 0.3) is 55.2 Å². The molecule has 1 fully saturated rings. The fourth-order valence-corrected chi connectivity index (χ4v) is 5.76. The van der Waals surface area contributed by atoms with E-state index in [-0.39, 0.29) is 37.2 Å². The SMILES string of the molecule is [2H]C([2H])([2H])c1c[c-]c(-c2ccc(C([2H])([2H])[2H])cn2)cc1.[2H]C([2H])(c1ccnc(-c2[c-]ccc3c2oc2c4ccccc4ccc32)c1)C1CCCC1.[Ir]. The van der Waals surface area contributed by atoms with Crippen LogP contribution in [-0.4, -0.2) is 9.97 Å². The zero-order chi connectivity index (χ0) is 36.0. The van der Waals surface area contributed by atoms with Gasteiger partial charge >= 0.3 is 0 Å². The molecule has 8 rings (SSSR count). The standard InChI is InChI=1S/C27H22NO.C13H12N.Ir/c1-2-7-18(6-1)16-19-14-15-28-25(17-19)24-11-5-10-22-23-13-12-20-8-3-4-9-21(20)26(23)29-27(22)24;1-10-3-6-12(7-4-10)13-8-5-11(2)9-14-13;/h3-5,8-10,12-15,17-18H,1-2,6-7,16H2;3-6,8-9H,1-2H3;/q2*-1;/i16D2;1D3,2D3;. The van der Waals surface area contributed by atoms with Gasteiger partial charge in [-0.15, -0.1) is 53.6 Å². The van der Waals surface area contributed by atoms with Crippen LogP contribution in [0.3, 0.4) is 0 Å². The maximum atomic E-state index is 8.77. The molecular weight excluding hydrogens is 717 g/mol. The second-order valence-electron chi connectivity index (χ2n) is 10.8. The fourth-order valence-electron chi connectivity index (χ4n) is 5.76. The van der Waals surface area contributed by atoms with Crippen LogP contribution in [0.5, 0.6) is 0 Å². The van der Waals surface area contributed by atoms with Crippen molar-refractivity contribution < 1.29 is 35.5 Å². The molecule has 1 aliphatic rings. The maximum Gasteiger partial charge on any atom is 0.128 e. The van der Waals surface area contributed by atoms with E-state index >= 15 is 0 Å². The van der Waals surface area contributed by atoms with Crippen molar-refractivity contribution in [2.45, 2.75) is 45.8 Å². The largest absolute Gasteiger partial charge is 0.500 e. The Morgan fingerprint density at radius 2 is 1.66 bits per heavy atom. The van der Waals surface area contributed by atoms with Crippen molar-refractivity contribution in [3.8, 4) is 22.5 Å². The van der Waals surface area contributed by atoms with Gasteiger partial charge in [0.1, 0.15) is 5.58 Å². The third-order valence-corrected chi connectivity index (χ3v) is 7.92. The molecule has 4 heteroatoms. The topological polar surface area (TPSA) is 38.9 Å². The van der Waals surface area contributed by atoms with E-state index in [1.807, 2.05) is 36.4 Å². The minimum absolute atomic E-state index is 0. The smallest absolute Gasteiger partial charge is 0.128 e. The van der Waals surface area contributed by atoms with Gasteiger partial charge in [-0.25, -0.2) is 0 Å². The number of aromatic nitrogens is 2. The minimum Gasteiger partial charge on any atom is -0.500 e. The van der Waals surface area contributed by atoms with E-state index in [0.29, 0.717) is 22.5 Å². The van der Waals surface area contributed by atoms with Crippen LogP contribution in [0.15, 0.2) is 108 Å². The first-order valence-corrected chi connectivity index (χ1v) is 14.5. The maximum absolute atomic E-state index is 8.77. The molecule has 0 amide bonds. The molecule has 0 bridgehead atoms. The van der Waals surface area contributed by atoms with Crippen LogP contribution in [0.2, 0.25) is 0 Å². The van der Waals surface area contributed by atoms with E-state index < -0.39 is 20.1 Å². The van der Waals surface area contributed by atoms with Crippen LogP contribution in [0.4, 0.5) is 0 Å². The Labute approximate surface area is 284 Å². The van der Waals surface area contributed by atoms with Gasteiger partial charge < -0.3 is 14.4 Å². The molecule has 7 aromatic rings. The van der Waals surface area contributed by atoms with Crippen molar-refractivity contribution in [1.29, 1.82) is 0 Å². The second kappa shape index (κ2) is 13.3. The van der Waals surface area contributed by atoms with E-state index in [1.165, 1.54) is 24.4 Å². The van der Waals surface area contributed by atoms with Gasteiger partial charge in [-0.2, -0.15) is 0 Å². The molecule has 0 saturated heterocycles. The zero-order valence-corrected chi connectivity index (χ0v) is 26.3. The molecule has 44 heavy (non-hydrogen) atoms. The van der Waals surface area contributed by atoms with Crippen LogP contribution < -0.4 is 0 Å². The van der Waals surface area contributed by atoms with Crippen molar-refractivity contribution in [3.63, 3.8) is 0 Å². The van der Waals surface area contributed by atoms with E-state index in [0.717, 1.165) is 64.0 Å². The average Bonchev–Trinajstić information content (AvgIpc) is 3.81. The Kier molecular flexibility index (Phi) is 6.50. The molecule has 1 saturated carbocycles.